The largest absolute Gasteiger partial charge is 0.388 e. The first-order valence-electron chi connectivity index (χ1n) is 6.54. The molecule has 1 fully saturated rings. The van der Waals surface area contributed by atoms with Crippen molar-refractivity contribution in [2.75, 3.05) is 11.9 Å². The Balaban J connectivity index is 2.13. The summed E-state index contributed by atoms with van der Waals surface area (Å²) in [6.45, 7) is 0. The Morgan fingerprint density at radius 1 is 1.33 bits per heavy atom. The lowest BCUT2D eigenvalue weighted by atomic mass is 10.1. The molecule has 0 radical (unpaired) electrons. The number of aromatic nitrogens is 2. The Kier molecular flexibility index (Phi) is 4.47. The van der Waals surface area contributed by atoms with Crippen LogP contribution in [0.15, 0.2) is 12.3 Å². The number of nitrogens with two attached hydrogens (primary N) is 1. The van der Waals surface area contributed by atoms with Gasteiger partial charge in [0.1, 0.15) is 10.7 Å². The fourth-order valence-electron chi connectivity index (χ4n) is 2.46. The van der Waals surface area contributed by atoms with Gasteiger partial charge < -0.3 is 10.6 Å². The molecule has 0 atom stereocenters. The second-order valence-corrected chi connectivity index (χ2v) is 5.30. The third-order valence-electron chi connectivity index (χ3n) is 3.58. The molecular weight excluding hydrogens is 244 g/mol. The van der Waals surface area contributed by atoms with E-state index in [1.807, 2.05) is 0 Å². The van der Waals surface area contributed by atoms with E-state index in [0.717, 1.165) is 5.95 Å². The SMILES string of the molecule is CN(c1nccc(C(N)=S)n1)C1CCCCCC1. The molecule has 18 heavy (non-hydrogen) atoms. The van der Waals surface area contributed by atoms with Gasteiger partial charge in [0.25, 0.3) is 0 Å². The highest BCUT2D eigenvalue weighted by Gasteiger charge is 2.19. The van der Waals surface area contributed by atoms with E-state index in [9.17, 15) is 0 Å². The van der Waals surface area contributed by atoms with Gasteiger partial charge in [-0.15, -0.1) is 0 Å². The molecule has 0 amide bonds. The first-order chi connectivity index (χ1) is 8.68. The van der Waals surface area contributed by atoms with Gasteiger partial charge in [0.2, 0.25) is 5.95 Å². The molecular formula is C13H20N4S. The van der Waals surface area contributed by atoms with Crippen molar-refractivity contribution in [1.29, 1.82) is 0 Å². The quantitative estimate of drug-likeness (QED) is 0.670. The lowest BCUT2D eigenvalue weighted by molar-refractivity contribution is 0.544. The highest BCUT2D eigenvalue weighted by molar-refractivity contribution is 7.80. The fraction of sp³-hybridized carbons (Fsp3) is 0.615. The molecule has 1 aromatic heterocycles. The highest BCUT2D eigenvalue weighted by Crippen LogP contribution is 2.23. The Morgan fingerprint density at radius 2 is 2.00 bits per heavy atom. The summed E-state index contributed by atoms with van der Waals surface area (Å²) in [4.78, 5) is 11.3. The van der Waals surface area contributed by atoms with Crippen LogP contribution in [0, 0.1) is 0 Å². The van der Waals surface area contributed by atoms with Gasteiger partial charge in [-0.05, 0) is 18.9 Å². The topological polar surface area (TPSA) is 55.0 Å². The zero-order chi connectivity index (χ0) is 13.0. The molecule has 0 aromatic carbocycles. The summed E-state index contributed by atoms with van der Waals surface area (Å²) >= 11 is 4.96. The summed E-state index contributed by atoms with van der Waals surface area (Å²) in [5.41, 5.74) is 6.26. The molecule has 0 aliphatic heterocycles. The molecule has 1 heterocycles. The Labute approximate surface area is 114 Å². The van der Waals surface area contributed by atoms with Crippen LogP contribution in [0.2, 0.25) is 0 Å². The van der Waals surface area contributed by atoms with Crippen LogP contribution >= 0.6 is 12.2 Å². The Morgan fingerprint density at radius 3 is 2.61 bits per heavy atom. The minimum Gasteiger partial charge on any atom is -0.388 e. The van der Waals surface area contributed by atoms with E-state index in [1.165, 1.54) is 38.5 Å². The van der Waals surface area contributed by atoms with E-state index >= 15 is 0 Å². The molecule has 1 saturated carbocycles. The summed E-state index contributed by atoms with van der Waals surface area (Å²) in [6, 6.07) is 2.29. The van der Waals surface area contributed by atoms with Crippen molar-refractivity contribution in [3.05, 3.63) is 18.0 Å². The second kappa shape index (κ2) is 6.09. The van der Waals surface area contributed by atoms with Crippen molar-refractivity contribution in [1.82, 2.24) is 9.97 Å². The summed E-state index contributed by atoms with van der Waals surface area (Å²) in [7, 11) is 2.06. The third kappa shape index (κ3) is 3.16. The van der Waals surface area contributed by atoms with Gasteiger partial charge in [-0.2, -0.15) is 0 Å². The number of hydrogen-bond donors (Lipinski definition) is 1. The van der Waals surface area contributed by atoms with E-state index in [0.29, 0.717) is 16.7 Å². The van der Waals surface area contributed by atoms with Crippen molar-refractivity contribution in [2.45, 2.75) is 44.6 Å². The number of rotatable bonds is 3. The summed E-state index contributed by atoms with van der Waals surface area (Å²) < 4.78 is 0. The zero-order valence-corrected chi connectivity index (χ0v) is 11.6. The van der Waals surface area contributed by atoms with Crippen LogP contribution < -0.4 is 10.6 Å². The van der Waals surface area contributed by atoms with Crippen LogP contribution in [0.5, 0.6) is 0 Å². The van der Waals surface area contributed by atoms with Crippen LogP contribution in [0.25, 0.3) is 0 Å². The van der Waals surface area contributed by atoms with Crippen molar-refractivity contribution in [2.24, 2.45) is 5.73 Å². The first-order valence-corrected chi connectivity index (χ1v) is 6.95. The van der Waals surface area contributed by atoms with Gasteiger partial charge in [-0.1, -0.05) is 37.9 Å². The minimum atomic E-state index is 0.327. The molecule has 0 bridgehead atoms. The smallest absolute Gasteiger partial charge is 0.225 e. The van der Waals surface area contributed by atoms with Gasteiger partial charge in [0, 0.05) is 19.3 Å². The van der Waals surface area contributed by atoms with E-state index in [1.54, 1.807) is 12.3 Å². The van der Waals surface area contributed by atoms with Crippen LogP contribution in [-0.4, -0.2) is 28.0 Å². The third-order valence-corrected chi connectivity index (χ3v) is 3.79. The lowest BCUT2D eigenvalue weighted by Gasteiger charge is -2.27. The highest BCUT2D eigenvalue weighted by atomic mass is 32.1. The van der Waals surface area contributed by atoms with E-state index < -0.39 is 0 Å². The maximum atomic E-state index is 5.61. The van der Waals surface area contributed by atoms with Gasteiger partial charge in [-0.3, -0.25) is 0 Å². The van der Waals surface area contributed by atoms with E-state index in [-0.39, 0.29) is 0 Å². The number of nitrogens with zero attached hydrogens (tertiary/aromatic N) is 3. The van der Waals surface area contributed by atoms with Crippen molar-refractivity contribution in [3.8, 4) is 0 Å². The second-order valence-electron chi connectivity index (χ2n) is 4.86. The zero-order valence-electron chi connectivity index (χ0n) is 10.8. The molecule has 1 aliphatic rings. The minimum absolute atomic E-state index is 0.327. The van der Waals surface area contributed by atoms with Crippen molar-refractivity contribution >= 4 is 23.2 Å². The van der Waals surface area contributed by atoms with Crippen LogP contribution in [0.4, 0.5) is 5.95 Å². The number of anilines is 1. The van der Waals surface area contributed by atoms with Gasteiger partial charge in [-0.25, -0.2) is 9.97 Å². The molecule has 98 valence electrons. The molecule has 0 saturated heterocycles. The molecule has 0 spiro atoms. The molecule has 0 unspecified atom stereocenters. The monoisotopic (exact) mass is 264 g/mol. The first kappa shape index (κ1) is 13.2. The Hall–Kier alpha value is -1.23. The number of thiocarbonyl (C=S) groups is 1. The molecule has 1 aliphatic carbocycles. The Bertz CT molecular complexity index is 413. The normalized spacial score (nSPS) is 17.2. The van der Waals surface area contributed by atoms with Crippen molar-refractivity contribution < 1.29 is 0 Å². The molecule has 2 rings (SSSR count). The van der Waals surface area contributed by atoms with Crippen molar-refractivity contribution in [3.63, 3.8) is 0 Å². The average Bonchev–Trinajstić information content (AvgIpc) is 2.67. The van der Waals surface area contributed by atoms with Crippen LogP contribution in [0.3, 0.4) is 0 Å². The van der Waals surface area contributed by atoms with E-state index in [4.69, 9.17) is 18.0 Å². The summed E-state index contributed by atoms with van der Waals surface area (Å²) in [5, 5.41) is 0. The fourth-order valence-corrected chi connectivity index (χ4v) is 2.58. The molecule has 2 N–H and O–H groups in total. The van der Waals surface area contributed by atoms with E-state index in [2.05, 4.69) is 21.9 Å². The van der Waals surface area contributed by atoms with Gasteiger partial charge in [0.15, 0.2) is 0 Å². The van der Waals surface area contributed by atoms with Crippen LogP contribution in [-0.2, 0) is 0 Å². The predicted octanol–water partition coefficient (Wildman–Crippen LogP) is 2.27. The molecule has 1 aromatic rings. The molecule has 5 heteroatoms. The number of hydrogen-bond acceptors (Lipinski definition) is 4. The lowest BCUT2D eigenvalue weighted by Crippen LogP contribution is -2.33. The van der Waals surface area contributed by atoms with Gasteiger partial charge >= 0.3 is 0 Å². The summed E-state index contributed by atoms with van der Waals surface area (Å²) in [6.07, 6.45) is 9.45. The summed E-state index contributed by atoms with van der Waals surface area (Å²) in [5.74, 6) is 0.729. The van der Waals surface area contributed by atoms with Gasteiger partial charge in [0.05, 0.1) is 0 Å². The van der Waals surface area contributed by atoms with Crippen LogP contribution in [0.1, 0.15) is 44.2 Å². The maximum absolute atomic E-state index is 5.61. The standard InChI is InChI=1S/C13H20N4S/c1-17(10-6-4-2-3-5-7-10)13-15-9-8-11(16-13)12(14)18/h8-10H,2-7H2,1H3,(H2,14,18). The maximum Gasteiger partial charge on any atom is 0.225 e. The molecule has 4 nitrogen and oxygen atoms in total. The average molecular weight is 264 g/mol. The predicted molar refractivity (Wildman–Crippen MR) is 77.8 cm³/mol.